The van der Waals surface area contributed by atoms with Crippen LogP contribution in [0.15, 0.2) is 15.5 Å². The number of alkyl halides is 3. The molecule has 0 aromatic carbocycles. The second kappa shape index (κ2) is 6.38. The number of hydrogen-bond donors (Lipinski definition) is 2. The summed E-state index contributed by atoms with van der Waals surface area (Å²) < 4.78 is 36.9. The highest BCUT2D eigenvalue weighted by Gasteiger charge is 2.29. The zero-order valence-electron chi connectivity index (χ0n) is 10.0. The van der Waals surface area contributed by atoms with Crippen molar-refractivity contribution in [2.24, 2.45) is 0 Å². The second-order valence-corrected chi connectivity index (χ2v) is 4.81. The molecule has 0 bridgehead atoms. The van der Waals surface area contributed by atoms with E-state index in [1.165, 1.54) is 0 Å². The average molecular weight is 344 g/mol. The predicted octanol–water partition coefficient (Wildman–Crippen LogP) is 1.75. The fourth-order valence-electron chi connectivity index (χ4n) is 1.29. The van der Waals surface area contributed by atoms with Crippen LogP contribution in [-0.2, 0) is 6.54 Å². The second-order valence-electron chi connectivity index (χ2n) is 4.01. The van der Waals surface area contributed by atoms with E-state index in [0.29, 0.717) is 23.3 Å². The number of aliphatic hydroxyl groups excluding tert-OH is 1. The van der Waals surface area contributed by atoms with E-state index in [1.54, 1.807) is 6.92 Å². The number of anilines is 1. The minimum atomic E-state index is -4.50. The molecule has 0 fully saturated rings. The summed E-state index contributed by atoms with van der Waals surface area (Å²) in [5.74, 6) is 0. The van der Waals surface area contributed by atoms with Gasteiger partial charge in [-0.3, -0.25) is 4.79 Å². The van der Waals surface area contributed by atoms with Crippen LogP contribution < -0.4 is 10.9 Å². The smallest absolute Gasteiger partial charge is 0.393 e. The number of nitrogens with zero attached hydrogens (tertiary/aromatic N) is 2. The molecule has 1 atom stereocenters. The molecule has 0 aliphatic carbocycles. The van der Waals surface area contributed by atoms with Crippen LogP contribution in [0.1, 0.15) is 13.3 Å². The van der Waals surface area contributed by atoms with Gasteiger partial charge in [-0.25, -0.2) is 4.68 Å². The third kappa shape index (κ3) is 5.19. The van der Waals surface area contributed by atoms with Crippen LogP contribution >= 0.6 is 15.9 Å². The van der Waals surface area contributed by atoms with Crippen molar-refractivity contribution in [3.05, 3.63) is 21.0 Å². The maximum Gasteiger partial charge on any atom is 0.408 e. The van der Waals surface area contributed by atoms with E-state index in [1.807, 2.05) is 0 Å². The Morgan fingerprint density at radius 3 is 2.74 bits per heavy atom. The lowest BCUT2D eigenvalue weighted by Crippen LogP contribution is -2.31. The van der Waals surface area contributed by atoms with Crippen molar-refractivity contribution in [3.8, 4) is 0 Å². The molecule has 0 aliphatic heterocycles. The highest BCUT2D eigenvalue weighted by atomic mass is 79.9. The van der Waals surface area contributed by atoms with Crippen molar-refractivity contribution in [3.63, 3.8) is 0 Å². The van der Waals surface area contributed by atoms with Crippen LogP contribution in [0.25, 0.3) is 0 Å². The molecule has 0 aliphatic rings. The highest BCUT2D eigenvalue weighted by Crippen LogP contribution is 2.19. The molecule has 9 heteroatoms. The zero-order chi connectivity index (χ0) is 14.6. The summed E-state index contributed by atoms with van der Waals surface area (Å²) in [6.07, 6.45) is -3.43. The fraction of sp³-hybridized carbons (Fsp3) is 0.600. The van der Waals surface area contributed by atoms with Crippen molar-refractivity contribution in [2.75, 3.05) is 11.9 Å². The van der Waals surface area contributed by atoms with E-state index in [0.717, 1.165) is 6.20 Å². The van der Waals surface area contributed by atoms with Gasteiger partial charge in [0, 0.05) is 6.54 Å². The van der Waals surface area contributed by atoms with Gasteiger partial charge >= 0.3 is 6.18 Å². The Kier molecular flexibility index (Phi) is 5.36. The Morgan fingerprint density at radius 1 is 1.58 bits per heavy atom. The van der Waals surface area contributed by atoms with Crippen LogP contribution in [0.5, 0.6) is 0 Å². The maximum absolute atomic E-state index is 12.2. The van der Waals surface area contributed by atoms with Crippen LogP contribution in [0.2, 0.25) is 0 Å². The largest absolute Gasteiger partial charge is 0.408 e. The Bertz CT molecular complexity index is 488. The van der Waals surface area contributed by atoms with Gasteiger partial charge < -0.3 is 10.4 Å². The Balaban J connectivity index is 2.83. The monoisotopic (exact) mass is 343 g/mol. The maximum atomic E-state index is 12.2. The highest BCUT2D eigenvalue weighted by molar-refractivity contribution is 9.10. The lowest BCUT2D eigenvalue weighted by Gasteiger charge is -2.12. The minimum Gasteiger partial charge on any atom is -0.393 e. The topological polar surface area (TPSA) is 67.2 Å². The first kappa shape index (κ1) is 16.0. The van der Waals surface area contributed by atoms with Gasteiger partial charge in [0.05, 0.1) is 18.0 Å². The summed E-state index contributed by atoms with van der Waals surface area (Å²) in [6, 6.07) is 0. The number of nitrogens with one attached hydrogen (secondary N) is 1. The van der Waals surface area contributed by atoms with Crippen molar-refractivity contribution in [2.45, 2.75) is 32.2 Å². The normalized spacial score (nSPS) is 13.4. The van der Waals surface area contributed by atoms with Crippen molar-refractivity contribution >= 4 is 21.6 Å². The molecule has 0 saturated carbocycles. The first-order valence-corrected chi connectivity index (χ1v) is 6.24. The van der Waals surface area contributed by atoms with Crippen LogP contribution in [0, 0.1) is 0 Å². The zero-order valence-corrected chi connectivity index (χ0v) is 11.6. The Morgan fingerprint density at radius 2 is 2.21 bits per heavy atom. The molecule has 0 saturated heterocycles. The van der Waals surface area contributed by atoms with Crippen molar-refractivity contribution < 1.29 is 18.3 Å². The summed E-state index contributed by atoms with van der Waals surface area (Å²) in [5.41, 5.74) is -0.566. The number of aromatic nitrogens is 2. The minimum absolute atomic E-state index is 0.0163. The van der Waals surface area contributed by atoms with Gasteiger partial charge in [-0.2, -0.15) is 18.3 Å². The van der Waals surface area contributed by atoms with Gasteiger partial charge in [-0.15, -0.1) is 0 Å². The molecule has 0 spiro atoms. The molecular formula is C10H13BrF3N3O2. The molecule has 108 valence electrons. The van der Waals surface area contributed by atoms with E-state index < -0.39 is 24.4 Å². The Hall–Kier alpha value is -1.09. The number of aliphatic hydroxyl groups is 1. The molecule has 1 unspecified atom stereocenters. The van der Waals surface area contributed by atoms with Gasteiger partial charge in [0.25, 0.3) is 5.56 Å². The summed E-state index contributed by atoms with van der Waals surface area (Å²) in [5, 5.41) is 15.3. The lowest BCUT2D eigenvalue weighted by atomic mass is 10.3. The quantitative estimate of drug-likeness (QED) is 0.854. The van der Waals surface area contributed by atoms with Crippen molar-refractivity contribution in [1.82, 2.24) is 9.78 Å². The molecule has 1 aromatic heterocycles. The van der Waals surface area contributed by atoms with Crippen LogP contribution in [0.3, 0.4) is 0 Å². The van der Waals surface area contributed by atoms with E-state index in [2.05, 4.69) is 26.3 Å². The molecular weight excluding hydrogens is 331 g/mol. The van der Waals surface area contributed by atoms with Gasteiger partial charge in [0.2, 0.25) is 0 Å². The molecule has 2 N–H and O–H groups in total. The van der Waals surface area contributed by atoms with E-state index >= 15 is 0 Å². The van der Waals surface area contributed by atoms with Gasteiger partial charge in [-0.05, 0) is 29.3 Å². The lowest BCUT2D eigenvalue weighted by molar-refractivity contribution is -0.143. The predicted molar refractivity (Wildman–Crippen MR) is 67.0 cm³/mol. The molecule has 5 nitrogen and oxygen atoms in total. The SMILES string of the molecule is CC(O)CCNc1cnn(CC(F)(F)F)c(=O)c1Br. The number of hydrogen-bond acceptors (Lipinski definition) is 4. The van der Waals surface area contributed by atoms with Gasteiger partial charge in [0.1, 0.15) is 11.0 Å². The standard InChI is InChI=1S/C10H13BrF3N3O2/c1-6(18)2-3-15-7-4-16-17(5-10(12,13)14)9(19)8(7)11/h4,6,15,18H,2-3,5H2,1H3. The molecule has 1 aromatic rings. The first-order valence-electron chi connectivity index (χ1n) is 5.45. The summed E-state index contributed by atoms with van der Waals surface area (Å²) >= 11 is 2.94. The first-order chi connectivity index (χ1) is 8.70. The molecule has 1 heterocycles. The summed E-state index contributed by atoms with van der Waals surface area (Å²) in [4.78, 5) is 11.6. The summed E-state index contributed by atoms with van der Waals surface area (Å²) in [6.45, 7) is 0.551. The van der Waals surface area contributed by atoms with E-state index in [4.69, 9.17) is 5.11 Å². The fourth-order valence-corrected chi connectivity index (χ4v) is 1.73. The third-order valence-electron chi connectivity index (χ3n) is 2.19. The Labute approximate surface area is 115 Å². The molecule has 19 heavy (non-hydrogen) atoms. The molecule has 1 rings (SSSR count). The number of rotatable bonds is 5. The van der Waals surface area contributed by atoms with Crippen molar-refractivity contribution in [1.29, 1.82) is 0 Å². The summed E-state index contributed by atoms with van der Waals surface area (Å²) in [7, 11) is 0. The van der Waals surface area contributed by atoms with E-state index in [9.17, 15) is 18.0 Å². The molecule has 0 amide bonds. The van der Waals surface area contributed by atoms with Crippen LogP contribution in [-0.4, -0.2) is 33.7 Å². The van der Waals surface area contributed by atoms with Crippen LogP contribution in [0.4, 0.5) is 18.9 Å². The number of halogens is 4. The average Bonchev–Trinajstić information content (AvgIpc) is 2.26. The van der Waals surface area contributed by atoms with E-state index in [-0.39, 0.29) is 4.47 Å². The van der Waals surface area contributed by atoms with Gasteiger partial charge in [-0.1, -0.05) is 0 Å². The molecule has 0 radical (unpaired) electrons. The third-order valence-corrected chi connectivity index (χ3v) is 2.96. The van der Waals surface area contributed by atoms with Gasteiger partial charge in [0.15, 0.2) is 0 Å².